The topological polar surface area (TPSA) is 50.4 Å². The number of hydrogen-bond donors (Lipinski definition) is 1. The number of furan rings is 1. The van der Waals surface area contributed by atoms with Crippen LogP contribution >= 0.6 is 11.6 Å². The summed E-state index contributed by atoms with van der Waals surface area (Å²) in [6, 6.07) is 8.25. The van der Waals surface area contributed by atoms with Gasteiger partial charge in [0.1, 0.15) is 5.76 Å². The van der Waals surface area contributed by atoms with Gasteiger partial charge in [0.2, 0.25) is 0 Å². The van der Waals surface area contributed by atoms with Crippen LogP contribution in [0.1, 0.15) is 10.4 Å². The average molecular weight is 223 g/mol. The van der Waals surface area contributed by atoms with Gasteiger partial charge in [-0.15, -0.1) is 0 Å². The number of carboxylic acids is 1. The maximum absolute atomic E-state index is 10.8. The molecular weight excluding hydrogens is 216 g/mol. The van der Waals surface area contributed by atoms with E-state index in [-0.39, 0.29) is 10.6 Å². The van der Waals surface area contributed by atoms with Crippen LogP contribution in [0.25, 0.3) is 11.3 Å². The fourth-order valence-electron chi connectivity index (χ4n) is 1.29. The van der Waals surface area contributed by atoms with Crippen molar-refractivity contribution in [3.05, 3.63) is 47.2 Å². The first kappa shape index (κ1) is 9.80. The van der Waals surface area contributed by atoms with Crippen molar-refractivity contribution >= 4 is 17.6 Å². The van der Waals surface area contributed by atoms with E-state index in [1.807, 2.05) is 0 Å². The lowest BCUT2D eigenvalue weighted by molar-refractivity contribution is 0.0697. The lowest BCUT2D eigenvalue weighted by Gasteiger charge is -2.01. The second kappa shape index (κ2) is 3.79. The number of carboxylic acid groups (broad SMARTS) is 1. The lowest BCUT2D eigenvalue weighted by Crippen LogP contribution is -1.97. The molecule has 0 saturated heterocycles. The average Bonchev–Trinajstić information content (AvgIpc) is 2.71. The first-order valence-corrected chi connectivity index (χ1v) is 4.63. The zero-order valence-electron chi connectivity index (χ0n) is 7.61. The highest BCUT2D eigenvalue weighted by molar-refractivity contribution is 6.33. The Morgan fingerprint density at radius 1 is 1.33 bits per heavy atom. The van der Waals surface area contributed by atoms with Crippen LogP contribution in [0.5, 0.6) is 0 Å². The normalized spacial score (nSPS) is 10.2. The van der Waals surface area contributed by atoms with Crippen LogP contribution in [-0.4, -0.2) is 11.1 Å². The smallest absolute Gasteiger partial charge is 0.337 e. The molecule has 1 heterocycles. The molecule has 76 valence electrons. The lowest BCUT2D eigenvalue weighted by atomic mass is 10.1. The summed E-state index contributed by atoms with van der Waals surface area (Å²) in [5, 5.41) is 9.09. The molecule has 0 aliphatic rings. The molecule has 0 aliphatic heterocycles. The third kappa shape index (κ3) is 1.87. The van der Waals surface area contributed by atoms with E-state index >= 15 is 0 Å². The Kier molecular flexibility index (Phi) is 2.47. The highest BCUT2D eigenvalue weighted by Gasteiger charge is 2.10. The monoisotopic (exact) mass is 222 g/mol. The predicted molar refractivity (Wildman–Crippen MR) is 56.1 cm³/mol. The summed E-state index contributed by atoms with van der Waals surface area (Å²) in [4.78, 5) is 10.8. The van der Waals surface area contributed by atoms with Crippen molar-refractivity contribution in [3.8, 4) is 11.3 Å². The van der Waals surface area contributed by atoms with E-state index in [0.717, 1.165) is 0 Å². The van der Waals surface area contributed by atoms with Crippen LogP contribution in [0.15, 0.2) is 41.0 Å². The number of rotatable bonds is 2. The van der Waals surface area contributed by atoms with Gasteiger partial charge in [0.05, 0.1) is 16.8 Å². The molecule has 15 heavy (non-hydrogen) atoms. The zero-order valence-corrected chi connectivity index (χ0v) is 8.36. The zero-order chi connectivity index (χ0) is 10.8. The van der Waals surface area contributed by atoms with Crippen molar-refractivity contribution in [2.75, 3.05) is 0 Å². The third-order valence-electron chi connectivity index (χ3n) is 2.00. The summed E-state index contributed by atoms with van der Waals surface area (Å²) >= 11 is 5.74. The second-order valence-electron chi connectivity index (χ2n) is 2.98. The van der Waals surface area contributed by atoms with Gasteiger partial charge >= 0.3 is 5.97 Å². The Morgan fingerprint density at radius 2 is 2.13 bits per heavy atom. The van der Waals surface area contributed by atoms with Crippen LogP contribution in [0, 0.1) is 0 Å². The van der Waals surface area contributed by atoms with Gasteiger partial charge in [-0.3, -0.25) is 0 Å². The van der Waals surface area contributed by atoms with Gasteiger partial charge in [0.25, 0.3) is 0 Å². The first-order chi connectivity index (χ1) is 7.18. The molecule has 2 rings (SSSR count). The van der Waals surface area contributed by atoms with Gasteiger partial charge in [-0.1, -0.05) is 11.6 Å². The minimum absolute atomic E-state index is 0.0746. The van der Waals surface area contributed by atoms with Crippen molar-refractivity contribution in [2.24, 2.45) is 0 Å². The SMILES string of the molecule is O=C(O)c1cc(-c2ccco2)ccc1Cl. The maximum atomic E-state index is 10.8. The minimum Gasteiger partial charge on any atom is -0.478 e. The predicted octanol–water partition coefficient (Wildman–Crippen LogP) is 3.30. The quantitative estimate of drug-likeness (QED) is 0.848. The van der Waals surface area contributed by atoms with E-state index in [1.165, 1.54) is 12.3 Å². The molecule has 0 aliphatic carbocycles. The number of aromatic carboxylic acids is 1. The van der Waals surface area contributed by atoms with Gasteiger partial charge in [0.15, 0.2) is 0 Å². The number of benzene rings is 1. The Balaban J connectivity index is 2.52. The van der Waals surface area contributed by atoms with E-state index in [4.69, 9.17) is 21.1 Å². The van der Waals surface area contributed by atoms with Gasteiger partial charge in [0, 0.05) is 5.56 Å². The molecule has 1 N–H and O–H groups in total. The van der Waals surface area contributed by atoms with E-state index in [1.54, 1.807) is 24.3 Å². The fraction of sp³-hybridized carbons (Fsp3) is 0. The molecule has 0 amide bonds. The molecule has 0 radical (unpaired) electrons. The minimum atomic E-state index is -1.05. The van der Waals surface area contributed by atoms with Crippen molar-refractivity contribution in [1.29, 1.82) is 0 Å². The summed E-state index contributed by atoms with van der Waals surface area (Å²) in [6.07, 6.45) is 1.53. The van der Waals surface area contributed by atoms with E-state index in [9.17, 15) is 4.79 Å². The summed E-state index contributed by atoms with van der Waals surface area (Å²) < 4.78 is 5.16. The van der Waals surface area contributed by atoms with Gasteiger partial charge < -0.3 is 9.52 Å². The molecule has 4 heteroatoms. The molecule has 1 aromatic carbocycles. The Bertz CT molecular complexity index is 489. The Labute approximate surface area is 90.9 Å². The highest BCUT2D eigenvalue weighted by atomic mass is 35.5. The molecule has 0 spiro atoms. The summed E-state index contributed by atoms with van der Waals surface area (Å²) in [6.45, 7) is 0. The number of carbonyl (C=O) groups is 1. The first-order valence-electron chi connectivity index (χ1n) is 4.25. The van der Waals surface area contributed by atoms with Crippen molar-refractivity contribution < 1.29 is 14.3 Å². The standard InChI is InChI=1S/C11H7ClO3/c12-9-4-3-7(6-8(9)11(13)14)10-2-1-5-15-10/h1-6H,(H,13,14). The Hall–Kier alpha value is -1.74. The highest BCUT2D eigenvalue weighted by Crippen LogP contribution is 2.25. The van der Waals surface area contributed by atoms with Crippen LogP contribution < -0.4 is 0 Å². The molecule has 3 nitrogen and oxygen atoms in total. The molecule has 0 fully saturated rings. The van der Waals surface area contributed by atoms with Crippen LogP contribution in [0.2, 0.25) is 5.02 Å². The van der Waals surface area contributed by atoms with Crippen molar-refractivity contribution in [2.45, 2.75) is 0 Å². The summed E-state index contributed by atoms with van der Waals surface area (Å²) in [5.74, 6) is -0.428. The molecule has 1 aromatic heterocycles. The molecule has 0 unspecified atom stereocenters. The van der Waals surface area contributed by atoms with Crippen LogP contribution in [-0.2, 0) is 0 Å². The number of hydrogen-bond acceptors (Lipinski definition) is 2. The van der Waals surface area contributed by atoms with E-state index in [0.29, 0.717) is 11.3 Å². The van der Waals surface area contributed by atoms with E-state index < -0.39 is 5.97 Å². The molecule has 0 atom stereocenters. The summed E-state index contributed by atoms with van der Waals surface area (Å²) in [7, 11) is 0. The van der Waals surface area contributed by atoms with Crippen LogP contribution in [0.3, 0.4) is 0 Å². The van der Waals surface area contributed by atoms with Crippen LogP contribution in [0.4, 0.5) is 0 Å². The van der Waals surface area contributed by atoms with Gasteiger partial charge in [-0.25, -0.2) is 4.79 Å². The number of halogens is 1. The third-order valence-corrected chi connectivity index (χ3v) is 2.33. The van der Waals surface area contributed by atoms with E-state index in [2.05, 4.69) is 0 Å². The van der Waals surface area contributed by atoms with Crippen molar-refractivity contribution in [1.82, 2.24) is 0 Å². The largest absolute Gasteiger partial charge is 0.478 e. The molecule has 0 saturated carbocycles. The summed E-state index contributed by atoms with van der Waals surface area (Å²) in [5.41, 5.74) is 0.771. The Morgan fingerprint density at radius 3 is 2.73 bits per heavy atom. The molecular formula is C11H7ClO3. The fourth-order valence-corrected chi connectivity index (χ4v) is 1.48. The molecule has 0 bridgehead atoms. The molecule has 2 aromatic rings. The van der Waals surface area contributed by atoms with Gasteiger partial charge in [-0.2, -0.15) is 0 Å². The van der Waals surface area contributed by atoms with Crippen molar-refractivity contribution in [3.63, 3.8) is 0 Å². The second-order valence-corrected chi connectivity index (χ2v) is 3.38. The maximum Gasteiger partial charge on any atom is 0.337 e. The van der Waals surface area contributed by atoms with Gasteiger partial charge in [-0.05, 0) is 30.3 Å².